The number of pyridine rings is 1. The fourth-order valence-corrected chi connectivity index (χ4v) is 2.60. The molecule has 138 valence electrons. The number of amides is 1. The lowest BCUT2D eigenvalue weighted by molar-refractivity contribution is 0.1000. The highest BCUT2D eigenvalue weighted by Gasteiger charge is 2.07. The molecule has 2 aromatic carbocycles. The fourth-order valence-electron chi connectivity index (χ4n) is 2.37. The molecule has 1 amide bonds. The largest absolute Gasteiger partial charge is 0.489 e. The lowest BCUT2D eigenvalue weighted by atomic mass is 10.2. The molecule has 5 nitrogen and oxygen atoms in total. The summed E-state index contributed by atoms with van der Waals surface area (Å²) in [5.74, 6) is 0.234. The Labute approximate surface area is 160 Å². The average Bonchev–Trinajstić information content (AvgIpc) is 2.67. The molecule has 0 aliphatic carbocycles. The number of halogens is 2. The first-order valence-electron chi connectivity index (χ1n) is 8.17. The van der Waals surface area contributed by atoms with Crippen molar-refractivity contribution in [2.24, 2.45) is 5.73 Å². The summed E-state index contributed by atoms with van der Waals surface area (Å²) in [4.78, 5) is 15.2. The minimum atomic E-state index is -0.582. The van der Waals surface area contributed by atoms with Crippen LogP contribution in [0.4, 0.5) is 10.2 Å². The van der Waals surface area contributed by atoms with Crippen molar-refractivity contribution in [3.8, 4) is 5.75 Å². The van der Waals surface area contributed by atoms with Gasteiger partial charge in [-0.15, -0.1) is 0 Å². The van der Waals surface area contributed by atoms with Crippen molar-refractivity contribution in [3.63, 3.8) is 0 Å². The Morgan fingerprint density at radius 2 is 1.93 bits per heavy atom. The number of rotatable bonds is 7. The molecule has 0 saturated heterocycles. The van der Waals surface area contributed by atoms with Crippen LogP contribution in [-0.4, -0.2) is 10.9 Å². The predicted molar refractivity (Wildman–Crippen MR) is 102 cm³/mol. The molecule has 1 aromatic heterocycles. The number of hydrogen-bond donors (Lipinski definition) is 2. The quantitative estimate of drug-likeness (QED) is 0.640. The van der Waals surface area contributed by atoms with Crippen molar-refractivity contribution in [2.45, 2.75) is 13.2 Å². The highest BCUT2D eigenvalue weighted by molar-refractivity contribution is 6.33. The molecule has 0 aliphatic rings. The van der Waals surface area contributed by atoms with E-state index in [0.717, 1.165) is 5.56 Å². The fraction of sp³-hybridized carbons (Fsp3) is 0.100. The minimum absolute atomic E-state index is 0.163. The van der Waals surface area contributed by atoms with Gasteiger partial charge >= 0.3 is 0 Å². The maximum atomic E-state index is 13.6. The molecule has 0 spiro atoms. The summed E-state index contributed by atoms with van der Waals surface area (Å²) in [6.45, 7) is 0.645. The maximum Gasteiger partial charge on any atom is 0.250 e. The van der Waals surface area contributed by atoms with Crippen LogP contribution in [0.2, 0.25) is 5.02 Å². The van der Waals surface area contributed by atoms with Gasteiger partial charge in [0.15, 0.2) is 0 Å². The number of primary amides is 1. The number of aromatic nitrogens is 1. The molecule has 3 aromatic rings. The van der Waals surface area contributed by atoms with E-state index in [4.69, 9.17) is 22.1 Å². The maximum absolute atomic E-state index is 13.6. The van der Waals surface area contributed by atoms with Gasteiger partial charge in [0, 0.05) is 18.3 Å². The number of nitrogens with one attached hydrogen (secondary N) is 1. The van der Waals surface area contributed by atoms with Crippen LogP contribution in [0.5, 0.6) is 5.75 Å². The Balaban J connectivity index is 1.56. The smallest absolute Gasteiger partial charge is 0.250 e. The number of benzene rings is 2. The van der Waals surface area contributed by atoms with Gasteiger partial charge in [0.1, 0.15) is 24.0 Å². The summed E-state index contributed by atoms with van der Waals surface area (Å²) in [7, 11) is 0. The number of nitrogens with zero attached hydrogens (tertiary/aromatic N) is 1. The Morgan fingerprint density at radius 3 is 2.59 bits per heavy atom. The van der Waals surface area contributed by atoms with E-state index in [-0.39, 0.29) is 18.0 Å². The molecule has 7 heteroatoms. The zero-order chi connectivity index (χ0) is 19.2. The third-order valence-corrected chi connectivity index (χ3v) is 4.15. The molecule has 0 aliphatic heterocycles. The van der Waals surface area contributed by atoms with Crippen molar-refractivity contribution in [3.05, 3.63) is 88.3 Å². The summed E-state index contributed by atoms with van der Waals surface area (Å²) in [6.07, 6.45) is 1.37. The van der Waals surface area contributed by atoms with Gasteiger partial charge in [-0.05, 0) is 29.8 Å². The summed E-state index contributed by atoms with van der Waals surface area (Å²) in [6, 6.07) is 15.4. The lowest BCUT2D eigenvalue weighted by Crippen LogP contribution is -2.12. The zero-order valence-electron chi connectivity index (χ0n) is 14.3. The molecule has 3 rings (SSSR count). The topological polar surface area (TPSA) is 77.2 Å². The van der Waals surface area contributed by atoms with Crippen LogP contribution in [-0.2, 0) is 13.2 Å². The van der Waals surface area contributed by atoms with E-state index < -0.39 is 5.91 Å². The second kappa shape index (κ2) is 8.51. The van der Waals surface area contributed by atoms with E-state index in [1.165, 1.54) is 18.3 Å². The van der Waals surface area contributed by atoms with E-state index in [2.05, 4.69) is 10.3 Å². The standard InChI is InChI=1S/C20H17ClFN3O2/c21-17-9-15(19(23)26)11-25-20(17)24-10-13-5-7-16(8-6-13)27-12-14-3-1-2-4-18(14)22/h1-9,11H,10,12H2,(H2,23,26)(H,24,25). The highest BCUT2D eigenvalue weighted by atomic mass is 35.5. The van der Waals surface area contributed by atoms with Crippen molar-refractivity contribution in [2.75, 3.05) is 5.32 Å². The molecular weight excluding hydrogens is 369 g/mol. The third-order valence-electron chi connectivity index (χ3n) is 3.86. The summed E-state index contributed by atoms with van der Waals surface area (Å²) in [5.41, 5.74) is 6.92. The molecular formula is C20H17ClFN3O2. The number of carbonyl (C=O) groups excluding carboxylic acids is 1. The van der Waals surface area contributed by atoms with Crippen LogP contribution in [0.1, 0.15) is 21.5 Å². The molecule has 0 atom stereocenters. The van der Waals surface area contributed by atoms with Gasteiger partial charge in [-0.1, -0.05) is 41.9 Å². The summed E-state index contributed by atoms with van der Waals surface area (Å²) < 4.78 is 19.2. The van der Waals surface area contributed by atoms with E-state index in [1.807, 2.05) is 24.3 Å². The number of hydrogen-bond acceptors (Lipinski definition) is 4. The normalized spacial score (nSPS) is 10.4. The van der Waals surface area contributed by atoms with Crippen molar-refractivity contribution < 1.29 is 13.9 Å². The average molecular weight is 386 g/mol. The first kappa shape index (κ1) is 18.7. The van der Waals surface area contributed by atoms with E-state index in [9.17, 15) is 9.18 Å². The van der Waals surface area contributed by atoms with Gasteiger partial charge in [0.2, 0.25) is 5.91 Å². The molecule has 27 heavy (non-hydrogen) atoms. The second-order valence-corrected chi connectivity index (χ2v) is 6.20. The van der Waals surface area contributed by atoms with Crippen molar-refractivity contribution >= 4 is 23.3 Å². The van der Waals surface area contributed by atoms with E-state index >= 15 is 0 Å². The van der Waals surface area contributed by atoms with Crippen LogP contribution in [0.3, 0.4) is 0 Å². The number of anilines is 1. The van der Waals surface area contributed by atoms with Crippen molar-refractivity contribution in [1.29, 1.82) is 0 Å². The molecule has 0 radical (unpaired) electrons. The lowest BCUT2D eigenvalue weighted by Gasteiger charge is -2.10. The minimum Gasteiger partial charge on any atom is -0.489 e. The summed E-state index contributed by atoms with van der Waals surface area (Å²) in [5, 5.41) is 3.41. The van der Waals surface area contributed by atoms with E-state index in [1.54, 1.807) is 18.2 Å². The number of ether oxygens (including phenoxy) is 1. The van der Waals surface area contributed by atoms with Gasteiger partial charge in [-0.3, -0.25) is 4.79 Å². The molecule has 0 bridgehead atoms. The van der Waals surface area contributed by atoms with Gasteiger partial charge < -0.3 is 15.8 Å². The van der Waals surface area contributed by atoms with Crippen LogP contribution in [0.25, 0.3) is 0 Å². The number of carbonyl (C=O) groups is 1. The Morgan fingerprint density at radius 1 is 1.19 bits per heavy atom. The summed E-state index contributed by atoms with van der Waals surface area (Å²) >= 11 is 6.09. The highest BCUT2D eigenvalue weighted by Crippen LogP contribution is 2.21. The van der Waals surface area contributed by atoms with Crippen LogP contribution in [0, 0.1) is 5.82 Å². The molecule has 1 heterocycles. The monoisotopic (exact) mass is 385 g/mol. The number of nitrogens with two attached hydrogens (primary N) is 1. The Kier molecular flexibility index (Phi) is 5.88. The predicted octanol–water partition coefficient (Wildman–Crippen LogP) is 4.16. The van der Waals surface area contributed by atoms with Crippen LogP contribution in [0.15, 0.2) is 60.8 Å². The van der Waals surface area contributed by atoms with Crippen LogP contribution >= 0.6 is 11.6 Å². The molecule has 3 N–H and O–H groups in total. The SMILES string of the molecule is NC(=O)c1cnc(NCc2ccc(OCc3ccccc3F)cc2)c(Cl)c1. The third kappa shape index (κ3) is 4.95. The Bertz CT molecular complexity index is 948. The van der Waals surface area contributed by atoms with Crippen molar-refractivity contribution in [1.82, 2.24) is 4.98 Å². The van der Waals surface area contributed by atoms with Gasteiger partial charge in [0.25, 0.3) is 0 Å². The van der Waals surface area contributed by atoms with Gasteiger partial charge in [-0.2, -0.15) is 0 Å². The second-order valence-electron chi connectivity index (χ2n) is 5.80. The van der Waals surface area contributed by atoms with E-state index in [0.29, 0.717) is 28.7 Å². The molecule has 0 fully saturated rings. The van der Waals surface area contributed by atoms with Crippen LogP contribution < -0.4 is 15.8 Å². The first-order valence-corrected chi connectivity index (χ1v) is 8.55. The zero-order valence-corrected chi connectivity index (χ0v) is 15.0. The molecule has 0 unspecified atom stereocenters. The van der Waals surface area contributed by atoms with Gasteiger partial charge in [0.05, 0.1) is 10.6 Å². The Hall–Kier alpha value is -3.12. The van der Waals surface area contributed by atoms with Gasteiger partial charge in [-0.25, -0.2) is 9.37 Å². The molecule has 0 saturated carbocycles. The first-order chi connectivity index (χ1) is 13.0.